The van der Waals surface area contributed by atoms with Crippen molar-refractivity contribution in [2.75, 3.05) is 44.7 Å². The van der Waals surface area contributed by atoms with Crippen LogP contribution < -0.4 is 5.32 Å². The number of rotatable bonds is 7. The average molecular weight is 396 g/mol. The second kappa shape index (κ2) is 9.07. The Labute approximate surface area is 169 Å². The minimum Gasteiger partial charge on any atom is -0.494 e. The van der Waals surface area contributed by atoms with Crippen molar-refractivity contribution < 1.29 is 14.2 Å². The van der Waals surface area contributed by atoms with E-state index >= 15 is 0 Å². The predicted molar refractivity (Wildman–Crippen MR) is 114 cm³/mol. The average Bonchev–Trinajstić information content (AvgIpc) is 3.05. The summed E-state index contributed by atoms with van der Waals surface area (Å²) in [5.41, 5.74) is 2.92. The minimum absolute atomic E-state index is 0.0205. The van der Waals surface area contributed by atoms with E-state index in [0.717, 1.165) is 62.6 Å². The lowest BCUT2D eigenvalue weighted by molar-refractivity contribution is 0.0378. The van der Waals surface area contributed by atoms with Crippen molar-refractivity contribution in [3.8, 4) is 5.88 Å². The van der Waals surface area contributed by atoms with E-state index in [-0.39, 0.29) is 11.7 Å². The molecule has 1 fully saturated rings. The van der Waals surface area contributed by atoms with Crippen LogP contribution in [0.4, 0.5) is 15.8 Å². The number of benzene rings is 2. The van der Waals surface area contributed by atoms with Gasteiger partial charge in [-0.15, -0.1) is 0 Å². The molecule has 7 heteroatoms. The van der Waals surface area contributed by atoms with E-state index in [1.165, 1.54) is 12.1 Å². The monoisotopic (exact) mass is 396 g/mol. The highest BCUT2D eigenvalue weighted by molar-refractivity contribution is 6.02. The third-order valence-corrected chi connectivity index (χ3v) is 5.07. The first kappa shape index (κ1) is 19.4. The molecule has 0 bridgehead atoms. The van der Waals surface area contributed by atoms with Crippen molar-refractivity contribution in [2.24, 2.45) is 4.99 Å². The second-order valence-electron chi connectivity index (χ2n) is 7.12. The van der Waals surface area contributed by atoms with E-state index in [1.54, 1.807) is 12.3 Å². The number of anilines is 1. The molecule has 0 aliphatic carbocycles. The van der Waals surface area contributed by atoms with E-state index in [1.807, 2.05) is 24.3 Å². The summed E-state index contributed by atoms with van der Waals surface area (Å²) in [7, 11) is 0. The van der Waals surface area contributed by atoms with Gasteiger partial charge in [-0.1, -0.05) is 0 Å². The second-order valence-corrected chi connectivity index (χ2v) is 7.12. The van der Waals surface area contributed by atoms with Crippen LogP contribution in [0, 0.1) is 5.82 Å². The number of aromatic amines is 1. The molecular weight excluding hydrogens is 371 g/mol. The van der Waals surface area contributed by atoms with Gasteiger partial charge >= 0.3 is 0 Å². The summed E-state index contributed by atoms with van der Waals surface area (Å²) in [5, 5.41) is 14.2. The van der Waals surface area contributed by atoms with Crippen molar-refractivity contribution in [3.63, 3.8) is 0 Å². The van der Waals surface area contributed by atoms with Gasteiger partial charge in [0.25, 0.3) is 0 Å². The Morgan fingerprint density at radius 1 is 1.17 bits per heavy atom. The Hall–Kier alpha value is -2.90. The quantitative estimate of drug-likeness (QED) is 0.418. The molecule has 3 aromatic rings. The van der Waals surface area contributed by atoms with Crippen LogP contribution in [0.3, 0.4) is 0 Å². The molecule has 2 aromatic carbocycles. The van der Waals surface area contributed by atoms with Gasteiger partial charge in [0, 0.05) is 36.9 Å². The minimum atomic E-state index is -0.352. The zero-order valence-corrected chi connectivity index (χ0v) is 16.2. The van der Waals surface area contributed by atoms with E-state index < -0.39 is 0 Å². The molecule has 0 unspecified atom stereocenters. The number of aromatic hydroxyl groups is 1. The number of ether oxygens (including phenoxy) is 1. The number of H-pyrrole nitrogens is 1. The zero-order chi connectivity index (χ0) is 20.1. The number of aromatic nitrogens is 1. The first-order valence-corrected chi connectivity index (χ1v) is 9.87. The summed E-state index contributed by atoms with van der Waals surface area (Å²) in [6.07, 6.45) is 2.68. The molecule has 0 spiro atoms. The Kier molecular flexibility index (Phi) is 6.07. The van der Waals surface area contributed by atoms with E-state index in [0.29, 0.717) is 11.1 Å². The number of halogens is 1. The summed E-state index contributed by atoms with van der Waals surface area (Å²) in [6, 6.07) is 12.2. The Balaban J connectivity index is 1.32. The summed E-state index contributed by atoms with van der Waals surface area (Å²) in [6.45, 7) is 5.71. The van der Waals surface area contributed by atoms with Crippen LogP contribution in [-0.2, 0) is 4.74 Å². The number of hydrogen-bond acceptors (Lipinski definition) is 5. The third kappa shape index (κ3) is 4.93. The van der Waals surface area contributed by atoms with Gasteiger partial charge in [-0.3, -0.25) is 9.89 Å². The molecule has 0 radical (unpaired) electrons. The van der Waals surface area contributed by atoms with Crippen LogP contribution in [-0.4, -0.2) is 60.6 Å². The lowest BCUT2D eigenvalue weighted by atomic mass is 10.2. The molecule has 1 aliphatic heterocycles. The fourth-order valence-corrected chi connectivity index (χ4v) is 3.47. The standard InChI is InChI=1S/C22H25FN4O2/c23-16-2-7-19-20(22(28)26-21(19)14-16)15-25-18-5-3-17(4-6-18)24-8-1-9-27-10-12-29-13-11-27/h2-7,14-15,24,26,28H,1,8-13H2. The maximum Gasteiger partial charge on any atom is 0.198 e. The van der Waals surface area contributed by atoms with Gasteiger partial charge in [0.15, 0.2) is 5.88 Å². The fraction of sp³-hybridized carbons (Fsp3) is 0.318. The molecule has 2 heterocycles. The smallest absolute Gasteiger partial charge is 0.198 e. The van der Waals surface area contributed by atoms with Crippen LogP contribution in [0.2, 0.25) is 0 Å². The van der Waals surface area contributed by atoms with Gasteiger partial charge in [-0.2, -0.15) is 0 Å². The Morgan fingerprint density at radius 3 is 2.76 bits per heavy atom. The zero-order valence-electron chi connectivity index (χ0n) is 16.2. The van der Waals surface area contributed by atoms with Crippen molar-refractivity contribution >= 4 is 28.5 Å². The highest BCUT2D eigenvalue weighted by Gasteiger charge is 2.10. The lowest BCUT2D eigenvalue weighted by Gasteiger charge is -2.26. The maximum atomic E-state index is 13.3. The number of nitrogens with one attached hydrogen (secondary N) is 2. The van der Waals surface area contributed by atoms with Crippen LogP contribution >= 0.6 is 0 Å². The molecule has 6 nitrogen and oxygen atoms in total. The molecule has 1 aliphatic rings. The number of fused-ring (bicyclic) bond motifs is 1. The number of aliphatic imine (C=N–C) groups is 1. The summed E-state index contributed by atoms with van der Waals surface area (Å²) in [5.74, 6) is -0.372. The first-order valence-electron chi connectivity index (χ1n) is 9.87. The molecule has 0 saturated carbocycles. The van der Waals surface area contributed by atoms with E-state index in [4.69, 9.17) is 4.74 Å². The summed E-state index contributed by atoms with van der Waals surface area (Å²) in [4.78, 5) is 9.63. The Bertz CT molecular complexity index is 978. The number of nitrogens with zero attached hydrogens (tertiary/aromatic N) is 2. The largest absolute Gasteiger partial charge is 0.494 e. The van der Waals surface area contributed by atoms with E-state index in [9.17, 15) is 9.50 Å². The maximum absolute atomic E-state index is 13.3. The summed E-state index contributed by atoms with van der Waals surface area (Å²) < 4.78 is 18.7. The van der Waals surface area contributed by atoms with Gasteiger partial charge in [0.05, 0.1) is 30.0 Å². The number of hydrogen-bond donors (Lipinski definition) is 3. The van der Waals surface area contributed by atoms with Crippen LogP contribution in [0.5, 0.6) is 5.88 Å². The highest BCUT2D eigenvalue weighted by Crippen LogP contribution is 2.27. The molecule has 1 aromatic heterocycles. The Morgan fingerprint density at radius 2 is 1.97 bits per heavy atom. The van der Waals surface area contributed by atoms with Gasteiger partial charge < -0.3 is 20.1 Å². The summed E-state index contributed by atoms with van der Waals surface area (Å²) >= 11 is 0. The third-order valence-electron chi connectivity index (χ3n) is 5.07. The molecule has 29 heavy (non-hydrogen) atoms. The predicted octanol–water partition coefficient (Wildman–Crippen LogP) is 3.90. The lowest BCUT2D eigenvalue weighted by Crippen LogP contribution is -2.37. The van der Waals surface area contributed by atoms with Crippen molar-refractivity contribution in [1.29, 1.82) is 0 Å². The molecule has 3 N–H and O–H groups in total. The van der Waals surface area contributed by atoms with Crippen molar-refractivity contribution in [2.45, 2.75) is 6.42 Å². The van der Waals surface area contributed by atoms with Gasteiger partial charge in [-0.05, 0) is 55.4 Å². The van der Waals surface area contributed by atoms with Gasteiger partial charge in [0.2, 0.25) is 0 Å². The van der Waals surface area contributed by atoms with Crippen molar-refractivity contribution in [1.82, 2.24) is 9.88 Å². The molecule has 0 atom stereocenters. The molecule has 152 valence electrons. The molecule has 4 rings (SSSR count). The molecule has 1 saturated heterocycles. The van der Waals surface area contributed by atoms with Crippen LogP contribution in [0.25, 0.3) is 10.9 Å². The van der Waals surface area contributed by atoms with E-state index in [2.05, 4.69) is 20.2 Å². The van der Waals surface area contributed by atoms with Crippen LogP contribution in [0.15, 0.2) is 47.5 Å². The topological polar surface area (TPSA) is 72.9 Å². The van der Waals surface area contributed by atoms with Gasteiger partial charge in [-0.25, -0.2) is 4.39 Å². The fourth-order valence-electron chi connectivity index (χ4n) is 3.47. The normalized spacial score (nSPS) is 15.3. The molecule has 0 amide bonds. The SMILES string of the molecule is Oc1[nH]c2cc(F)ccc2c1C=Nc1ccc(NCCCN2CCOCC2)cc1. The number of morpholine rings is 1. The van der Waals surface area contributed by atoms with Gasteiger partial charge in [0.1, 0.15) is 5.82 Å². The highest BCUT2D eigenvalue weighted by atomic mass is 19.1. The molecular formula is C22H25FN4O2. The van der Waals surface area contributed by atoms with Crippen LogP contribution in [0.1, 0.15) is 12.0 Å². The first-order chi connectivity index (χ1) is 14.2. The van der Waals surface area contributed by atoms with Crippen molar-refractivity contribution in [3.05, 3.63) is 53.8 Å².